The van der Waals surface area contributed by atoms with Gasteiger partial charge in [0.2, 0.25) is 0 Å². The predicted octanol–water partition coefficient (Wildman–Crippen LogP) is 0.785. The molecule has 1 rings (SSSR count). The third kappa shape index (κ3) is 4.16. The molecule has 0 aromatic rings. The van der Waals surface area contributed by atoms with Crippen LogP contribution in [0.2, 0.25) is 0 Å². The van der Waals surface area contributed by atoms with Gasteiger partial charge in [-0.2, -0.15) is 0 Å². The summed E-state index contributed by atoms with van der Waals surface area (Å²) in [5.74, 6) is 0.440. The molecule has 100 valence electrons. The lowest BCUT2D eigenvalue weighted by Crippen LogP contribution is -2.44. The highest BCUT2D eigenvalue weighted by molar-refractivity contribution is 5.82. The van der Waals surface area contributed by atoms with Crippen LogP contribution in [0.3, 0.4) is 0 Å². The molecule has 0 bridgehead atoms. The van der Waals surface area contributed by atoms with Crippen molar-refractivity contribution in [1.29, 1.82) is 0 Å². The molecule has 1 aliphatic heterocycles. The number of likely N-dealkylation sites (N-methyl/N-ethyl adjacent to an activating group) is 1. The number of nitrogens with two attached hydrogens (primary N) is 1. The van der Waals surface area contributed by atoms with Gasteiger partial charge in [0.05, 0.1) is 0 Å². The standard InChI is InChI=1S/C12H26N4O/c1-4-11-9-15(3)6-5-7-16(11)8-10(2)12(13)14-17/h10-11,17H,4-9H2,1-3H3,(H2,13,14). The number of nitrogens with zero attached hydrogens (tertiary/aromatic N) is 3. The second-order valence-corrected chi connectivity index (χ2v) is 5.10. The molecule has 0 spiro atoms. The summed E-state index contributed by atoms with van der Waals surface area (Å²) < 4.78 is 0. The molecule has 1 heterocycles. The quantitative estimate of drug-likeness (QED) is 0.331. The van der Waals surface area contributed by atoms with Crippen LogP contribution in [0.1, 0.15) is 26.7 Å². The smallest absolute Gasteiger partial charge is 0.143 e. The molecular weight excluding hydrogens is 216 g/mol. The highest BCUT2D eigenvalue weighted by atomic mass is 16.4. The average molecular weight is 242 g/mol. The van der Waals surface area contributed by atoms with Gasteiger partial charge >= 0.3 is 0 Å². The van der Waals surface area contributed by atoms with E-state index in [-0.39, 0.29) is 5.92 Å². The first kappa shape index (κ1) is 14.3. The summed E-state index contributed by atoms with van der Waals surface area (Å²) in [4.78, 5) is 4.87. The van der Waals surface area contributed by atoms with Crippen molar-refractivity contribution in [3.63, 3.8) is 0 Å². The van der Waals surface area contributed by atoms with Gasteiger partial charge in [-0.1, -0.05) is 19.0 Å². The molecule has 1 saturated heterocycles. The Morgan fingerprint density at radius 3 is 2.82 bits per heavy atom. The van der Waals surface area contributed by atoms with E-state index in [1.165, 1.54) is 6.42 Å². The normalized spacial score (nSPS) is 26.8. The lowest BCUT2D eigenvalue weighted by atomic mass is 10.1. The lowest BCUT2D eigenvalue weighted by Gasteiger charge is -2.31. The van der Waals surface area contributed by atoms with Crippen molar-refractivity contribution in [2.24, 2.45) is 16.8 Å². The fraction of sp³-hybridized carbons (Fsp3) is 0.917. The van der Waals surface area contributed by atoms with Crippen LogP contribution < -0.4 is 5.73 Å². The van der Waals surface area contributed by atoms with Crippen molar-refractivity contribution in [2.75, 3.05) is 33.2 Å². The zero-order valence-corrected chi connectivity index (χ0v) is 11.3. The van der Waals surface area contributed by atoms with Crippen LogP contribution in [0.25, 0.3) is 0 Å². The van der Waals surface area contributed by atoms with E-state index in [0.717, 1.165) is 32.6 Å². The minimum Gasteiger partial charge on any atom is -0.409 e. The van der Waals surface area contributed by atoms with Gasteiger partial charge in [-0.15, -0.1) is 0 Å². The summed E-state index contributed by atoms with van der Waals surface area (Å²) in [6, 6.07) is 0.580. The molecule has 0 aliphatic carbocycles. The van der Waals surface area contributed by atoms with E-state index in [0.29, 0.717) is 11.9 Å². The molecule has 2 atom stereocenters. The van der Waals surface area contributed by atoms with Gasteiger partial charge in [0, 0.05) is 25.0 Å². The molecule has 0 amide bonds. The van der Waals surface area contributed by atoms with Crippen LogP contribution >= 0.6 is 0 Å². The van der Waals surface area contributed by atoms with Crippen molar-refractivity contribution in [3.05, 3.63) is 0 Å². The minimum absolute atomic E-state index is 0.109. The SMILES string of the molecule is CCC1CN(C)CCCN1CC(C)C(N)=NO. The van der Waals surface area contributed by atoms with E-state index >= 15 is 0 Å². The van der Waals surface area contributed by atoms with Crippen LogP contribution in [0.4, 0.5) is 0 Å². The lowest BCUT2D eigenvalue weighted by molar-refractivity contribution is 0.173. The van der Waals surface area contributed by atoms with Crippen LogP contribution in [-0.2, 0) is 0 Å². The van der Waals surface area contributed by atoms with Crippen LogP contribution in [0.5, 0.6) is 0 Å². The summed E-state index contributed by atoms with van der Waals surface area (Å²) in [5, 5.41) is 11.8. The molecule has 5 nitrogen and oxygen atoms in total. The van der Waals surface area contributed by atoms with Gasteiger partial charge in [-0.05, 0) is 33.0 Å². The molecule has 1 aliphatic rings. The second-order valence-electron chi connectivity index (χ2n) is 5.10. The first-order valence-corrected chi connectivity index (χ1v) is 6.48. The highest BCUT2D eigenvalue weighted by Gasteiger charge is 2.24. The van der Waals surface area contributed by atoms with E-state index in [2.05, 4.69) is 28.9 Å². The number of oxime groups is 1. The van der Waals surface area contributed by atoms with E-state index in [4.69, 9.17) is 10.9 Å². The van der Waals surface area contributed by atoms with Gasteiger partial charge < -0.3 is 15.8 Å². The van der Waals surface area contributed by atoms with Gasteiger partial charge in [0.15, 0.2) is 0 Å². The van der Waals surface area contributed by atoms with Crippen LogP contribution in [0, 0.1) is 5.92 Å². The number of rotatable bonds is 4. The van der Waals surface area contributed by atoms with Gasteiger partial charge in [0.1, 0.15) is 5.84 Å². The monoisotopic (exact) mass is 242 g/mol. The Bertz CT molecular complexity index is 257. The van der Waals surface area contributed by atoms with Gasteiger partial charge in [-0.3, -0.25) is 4.90 Å². The predicted molar refractivity (Wildman–Crippen MR) is 70.3 cm³/mol. The van der Waals surface area contributed by atoms with E-state index < -0.39 is 0 Å². The summed E-state index contributed by atoms with van der Waals surface area (Å²) in [6.07, 6.45) is 2.34. The Labute approximate surface area is 104 Å². The zero-order valence-electron chi connectivity index (χ0n) is 11.3. The molecule has 17 heavy (non-hydrogen) atoms. The number of amidine groups is 1. The van der Waals surface area contributed by atoms with Gasteiger partial charge in [0.25, 0.3) is 0 Å². The van der Waals surface area contributed by atoms with E-state index in [1.54, 1.807) is 0 Å². The maximum atomic E-state index is 8.69. The van der Waals surface area contributed by atoms with Crippen molar-refractivity contribution in [3.8, 4) is 0 Å². The second kappa shape index (κ2) is 6.81. The number of hydrogen-bond donors (Lipinski definition) is 2. The molecule has 5 heteroatoms. The first-order valence-electron chi connectivity index (χ1n) is 6.48. The van der Waals surface area contributed by atoms with Gasteiger partial charge in [-0.25, -0.2) is 0 Å². The maximum Gasteiger partial charge on any atom is 0.143 e. The Balaban J connectivity index is 2.60. The average Bonchev–Trinajstić information content (AvgIpc) is 2.50. The third-order valence-electron chi connectivity index (χ3n) is 3.62. The summed E-state index contributed by atoms with van der Waals surface area (Å²) in [6.45, 7) is 8.49. The first-order chi connectivity index (χ1) is 8.08. The molecule has 3 N–H and O–H groups in total. The maximum absolute atomic E-state index is 8.69. The molecule has 0 radical (unpaired) electrons. The highest BCUT2D eigenvalue weighted by Crippen LogP contribution is 2.14. The third-order valence-corrected chi connectivity index (χ3v) is 3.62. The molecule has 0 aromatic carbocycles. The Morgan fingerprint density at radius 2 is 2.24 bits per heavy atom. The molecule has 1 fully saturated rings. The van der Waals surface area contributed by atoms with Crippen molar-refractivity contribution < 1.29 is 5.21 Å². The van der Waals surface area contributed by atoms with E-state index in [9.17, 15) is 0 Å². The Hall–Kier alpha value is -0.810. The Morgan fingerprint density at radius 1 is 1.53 bits per heavy atom. The summed E-state index contributed by atoms with van der Waals surface area (Å²) in [7, 11) is 2.18. The Kier molecular flexibility index (Phi) is 5.71. The molecule has 0 saturated carbocycles. The van der Waals surface area contributed by atoms with Crippen LogP contribution in [0.15, 0.2) is 5.16 Å². The van der Waals surface area contributed by atoms with Crippen molar-refractivity contribution in [1.82, 2.24) is 9.80 Å². The number of hydrogen-bond acceptors (Lipinski definition) is 4. The van der Waals surface area contributed by atoms with E-state index in [1.807, 2.05) is 6.92 Å². The molecular formula is C12H26N4O. The topological polar surface area (TPSA) is 65.1 Å². The minimum atomic E-state index is 0.109. The zero-order chi connectivity index (χ0) is 12.8. The summed E-state index contributed by atoms with van der Waals surface area (Å²) >= 11 is 0. The molecule has 2 unspecified atom stereocenters. The largest absolute Gasteiger partial charge is 0.409 e. The van der Waals surface area contributed by atoms with Crippen LogP contribution in [-0.4, -0.2) is 60.1 Å². The summed E-state index contributed by atoms with van der Waals surface area (Å²) in [5.41, 5.74) is 5.65. The fourth-order valence-electron chi connectivity index (χ4n) is 2.46. The van der Waals surface area contributed by atoms with Crippen molar-refractivity contribution in [2.45, 2.75) is 32.7 Å². The fourth-order valence-corrected chi connectivity index (χ4v) is 2.46. The molecule has 0 aromatic heterocycles. The van der Waals surface area contributed by atoms with Crippen molar-refractivity contribution >= 4 is 5.84 Å².